The summed E-state index contributed by atoms with van der Waals surface area (Å²) in [6, 6.07) is 5.31. The highest BCUT2D eigenvalue weighted by Crippen LogP contribution is 2.27. The number of hydrogen-bond donors (Lipinski definition) is 1. The van der Waals surface area contributed by atoms with Crippen molar-refractivity contribution in [3.05, 3.63) is 47.5 Å². The molecule has 0 saturated heterocycles. The van der Waals surface area contributed by atoms with Gasteiger partial charge in [-0.25, -0.2) is 4.98 Å². The second-order valence-electron chi connectivity index (χ2n) is 4.01. The Morgan fingerprint density at radius 2 is 2.33 bits per heavy atom. The van der Waals surface area contributed by atoms with Gasteiger partial charge in [-0.3, -0.25) is 0 Å². The smallest absolute Gasteiger partial charge is 0.138 e. The maximum Gasteiger partial charge on any atom is 0.138 e. The number of imidazole rings is 1. The normalized spacial score (nSPS) is 12.4. The first-order chi connectivity index (χ1) is 8.66. The van der Waals surface area contributed by atoms with Gasteiger partial charge in [0.25, 0.3) is 0 Å². The summed E-state index contributed by atoms with van der Waals surface area (Å²) < 4.78 is 7.51. The fourth-order valence-corrected chi connectivity index (χ4v) is 1.82. The van der Waals surface area contributed by atoms with Gasteiger partial charge in [-0.1, -0.05) is 17.7 Å². The van der Waals surface area contributed by atoms with E-state index < -0.39 is 6.10 Å². The van der Waals surface area contributed by atoms with Gasteiger partial charge in [-0.05, 0) is 24.6 Å². The quantitative estimate of drug-likeness (QED) is 0.905. The van der Waals surface area contributed by atoms with Gasteiger partial charge < -0.3 is 14.4 Å². The molecule has 0 saturated carbocycles. The first kappa shape index (κ1) is 12.9. The lowest BCUT2D eigenvalue weighted by molar-refractivity contribution is 0.199. The molecule has 18 heavy (non-hydrogen) atoms. The fraction of sp³-hybridized carbons (Fsp3) is 0.308. The van der Waals surface area contributed by atoms with E-state index in [0.29, 0.717) is 23.9 Å². The van der Waals surface area contributed by atoms with Crippen LogP contribution < -0.4 is 4.74 Å². The molecule has 0 fully saturated rings. The van der Waals surface area contributed by atoms with Crippen molar-refractivity contribution in [2.24, 2.45) is 0 Å². The average molecular weight is 267 g/mol. The van der Waals surface area contributed by atoms with E-state index in [-0.39, 0.29) is 0 Å². The lowest BCUT2D eigenvalue weighted by atomic mass is 10.1. The van der Waals surface area contributed by atoms with Crippen molar-refractivity contribution in [1.82, 2.24) is 9.55 Å². The van der Waals surface area contributed by atoms with Crippen molar-refractivity contribution in [1.29, 1.82) is 0 Å². The molecular weight excluding hydrogens is 252 g/mol. The first-order valence-electron chi connectivity index (χ1n) is 5.73. The van der Waals surface area contributed by atoms with Crippen LogP contribution in [0.15, 0.2) is 36.9 Å². The minimum atomic E-state index is -0.525. The lowest BCUT2D eigenvalue weighted by Crippen LogP contribution is -2.06. The van der Waals surface area contributed by atoms with Crippen molar-refractivity contribution in [3.63, 3.8) is 0 Å². The summed E-state index contributed by atoms with van der Waals surface area (Å²) in [6.07, 6.45) is 4.82. The number of hydrogen-bond acceptors (Lipinski definition) is 3. The molecule has 0 unspecified atom stereocenters. The molecule has 2 aromatic rings. The number of halogens is 1. The Bertz CT molecular complexity index is 498. The third-order valence-electron chi connectivity index (χ3n) is 2.60. The molecule has 1 N–H and O–H groups in total. The van der Waals surface area contributed by atoms with E-state index in [2.05, 4.69) is 4.98 Å². The Hall–Kier alpha value is -1.52. The molecule has 0 bridgehead atoms. The molecule has 0 aliphatic heterocycles. The molecule has 2 rings (SSSR count). The van der Waals surface area contributed by atoms with Crippen LogP contribution in [0.3, 0.4) is 0 Å². The summed E-state index contributed by atoms with van der Waals surface area (Å²) in [4.78, 5) is 3.95. The van der Waals surface area contributed by atoms with E-state index in [9.17, 15) is 5.11 Å². The number of aliphatic hydroxyl groups is 1. The SMILES string of the molecule is C[C@H](O)c1ccc(OCCn2ccnc2)c(Cl)c1. The van der Waals surface area contributed by atoms with Crippen molar-refractivity contribution < 1.29 is 9.84 Å². The molecule has 1 aromatic carbocycles. The van der Waals surface area contributed by atoms with Crippen molar-refractivity contribution in [2.45, 2.75) is 19.6 Å². The second kappa shape index (κ2) is 5.89. The monoisotopic (exact) mass is 266 g/mol. The van der Waals surface area contributed by atoms with Crippen LogP contribution in [0.5, 0.6) is 5.75 Å². The molecule has 1 heterocycles. The van der Waals surface area contributed by atoms with Gasteiger partial charge in [0.05, 0.1) is 24.0 Å². The number of rotatable bonds is 5. The van der Waals surface area contributed by atoms with Gasteiger partial charge >= 0.3 is 0 Å². The highest BCUT2D eigenvalue weighted by Gasteiger charge is 2.06. The molecule has 0 aliphatic rings. The van der Waals surface area contributed by atoms with Crippen LogP contribution in [0.25, 0.3) is 0 Å². The minimum Gasteiger partial charge on any atom is -0.490 e. The van der Waals surface area contributed by atoms with E-state index in [0.717, 1.165) is 5.56 Å². The average Bonchev–Trinajstić information content (AvgIpc) is 2.84. The van der Waals surface area contributed by atoms with E-state index in [1.165, 1.54) is 0 Å². The van der Waals surface area contributed by atoms with Crippen LogP contribution in [0.1, 0.15) is 18.6 Å². The summed E-state index contributed by atoms with van der Waals surface area (Å²) in [5.74, 6) is 0.626. The van der Waals surface area contributed by atoms with Gasteiger partial charge in [0.15, 0.2) is 0 Å². The predicted molar refractivity (Wildman–Crippen MR) is 69.8 cm³/mol. The van der Waals surface area contributed by atoms with E-state index in [1.54, 1.807) is 31.6 Å². The van der Waals surface area contributed by atoms with Crippen LogP contribution >= 0.6 is 11.6 Å². The molecule has 4 nitrogen and oxygen atoms in total. The Kier molecular flexibility index (Phi) is 4.23. The Morgan fingerprint density at radius 1 is 1.50 bits per heavy atom. The van der Waals surface area contributed by atoms with E-state index >= 15 is 0 Å². The van der Waals surface area contributed by atoms with Crippen LogP contribution in [-0.4, -0.2) is 21.3 Å². The predicted octanol–water partition coefficient (Wildman–Crippen LogP) is 2.67. The Morgan fingerprint density at radius 3 is 2.94 bits per heavy atom. The number of benzene rings is 1. The second-order valence-corrected chi connectivity index (χ2v) is 4.42. The zero-order valence-corrected chi connectivity index (χ0v) is 10.8. The summed E-state index contributed by atoms with van der Waals surface area (Å²) in [5.41, 5.74) is 0.780. The largest absolute Gasteiger partial charge is 0.490 e. The Labute approximate surface area is 111 Å². The van der Waals surface area contributed by atoms with E-state index in [4.69, 9.17) is 16.3 Å². The van der Waals surface area contributed by atoms with Crippen molar-refractivity contribution >= 4 is 11.6 Å². The van der Waals surface area contributed by atoms with E-state index in [1.807, 2.05) is 16.8 Å². The molecular formula is C13H15ClN2O2. The fourth-order valence-electron chi connectivity index (χ4n) is 1.57. The van der Waals surface area contributed by atoms with Gasteiger partial charge in [0, 0.05) is 12.4 Å². The molecule has 0 radical (unpaired) electrons. The third kappa shape index (κ3) is 3.24. The summed E-state index contributed by atoms with van der Waals surface area (Å²) in [7, 11) is 0. The van der Waals surface area contributed by atoms with Crippen LogP contribution in [0.4, 0.5) is 0 Å². The molecule has 1 aromatic heterocycles. The number of ether oxygens (including phenoxy) is 1. The molecule has 0 amide bonds. The van der Waals surface area contributed by atoms with Crippen LogP contribution in [0.2, 0.25) is 5.02 Å². The molecule has 0 spiro atoms. The van der Waals surface area contributed by atoms with Crippen LogP contribution in [0, 0.1) is 0 Å². The molecule has 1 atom stereocenters. The summed E-state index contributed by atoms with van der Waals surface area (Å²) in [5, 5.41) is 9.94. The highest BCUT2D eigenvalue weighted by molar-refractivity contribution is 6.32. The molecule has 96 valence electrons. The van der Waals surface area contributed by atoms with Crippen molar-refractivity contribution in [3.8, 4) is 5.75 Å². The minimum absolute atomic E-state index is 0.513. The summed E-state index contributed by atoms with van der Waals surface area (Å²) >= 11 is 6.08. The standard InChI is InChI=1S/C13H15ClN2O2/c1-10(17)11-2-3-13(12(14)8-11)18-7-6-16-5-4-15-9-16/h2-5,8-10,17H,6-7H2,1H3/t10-/m0/s1. The zero-order chi connectivity index (χ0) is 13.0. The topological polar surface area (TPSA) is 47.3 Å². The van der Waals surface area contributed by atoms with Crippen molar-refractivity contribution in [2.75, 3.05) is 6.61 Å². The zero-order valence-electron chi connectivity index (χ0n) is 10.1. The third-order valence-corrected chi connectivity index (χ3v) is 2.90. The lowest BCUT2D eigenvalue weighted by Gasteiger charge is -2.11. The van der Waals surface area contributed by atoms with Gasteiger partial charge in [-0.2, -0.15) is 0 Å². The number of aromatic nitrogens is 2. The van der Waals surface area contributed by atoms with Gasteiger partial charge in [-0.15, -0.1) is 0 Å². The van der Waals surface area contributed by atoms with Gasteiger partial charge in [0.1, 0.15) is 12.4 Å². The van der Waals surface area contributed by atoms with Crippen LogP contribution in [-0.2, 0) is 6.54 Å². The Balaban J connectivity index is 1.93. The number of aliphatic hydroxyl groups excluding tert-OH is 1. The summed E-state index contributed by atoms with van der Waals surface area (Å²) in [6.45, 7) is 2.93. The number of nitrogens with zero attached hydrogens (tertiary/aromatic N) is 2. The highest BCUT2D eigenvalue weighted by atomic mass is 35.5. The maximum atomic E-state index is 9.43. The molecule has 5 heteroatoms. The molecule has 0 aliphatic carbocycles. The maximum absolute atomic E-state index is 9.43. The van der Waals surface area contributed by atoms with Gasteiger partial charge in [0.2, 0.25) is 0 Å². The first-order valence-corrected chi connectivity index (χ1v) is 6.10.